The summed E-state index contributed by atoms with van der Waals surface area (Å²) in [6.45, 7) is 2.18. The van der Waals surface area contributed by atoms with E-state index in [0.717, 1.165) is 45.1 Å². The fourth-order valence-electron chi connectivity index (χ4n) is 5.57. The summed E-state index contributed by atoms with van der Waals surface area (Å²) in [7, 11) is 0. The number of H-pyrrole nitrogens is 1. The number of aldehydes is 1. The lowest BCUT2D eigenvalue weighted by molar-refractivity contribution is -0.124. The highest BCUT2D eigenvalue weighted by Gasteiger charge is 2.46. The van der Waals surface area contributed by atoms with Gasteiger partial charge in [0.1, 0.15) is 6.29 Å². The largest absolute Gasteiger partial charge is 0.392 e. The van der Waals surface area contributed by atoms with E-state index in [-0.39, 0.29) is 5.92 Å². The molecule has 2 aliphatic heterocycles. The third-order valence-electron chi connectivity index (χ3n) is 6.77. The van der Waals surface area contributed by atoms with Crippen LogP contribution in [0.2, 0.25) is 0 Å². The Balaban J connectivity index is 1.54. The molecular weight excluding hydrogens is 300 g/mol. The third-order valence-corrected chi connectivity index (χ3v) is 6.77. The summed E-state index contributed by atoms with van der Waals surface area (Å²) in [4.78, 5) is 17.9. The van der Waals surface area contributed by atoms with Crippen molar-refractivity contribution in [1.29, 1.82) is 0 Å². The third kappa shape index (κ3) is 2.02. The van der Waals surface area contributed by atoms with Crippen LogP contribution in [0.3, 0.4) is 0 Å². The van der Waals surface area contributed by atoms with E-state index in [1.165, 1.54) is 22.2 Å². The SMILES string of the molecule is O=CC1C(O)CCC2CN3CCc4c([nH]c5ccccc45)C3CC21. The maximum absolute atomic E-state index is 11.6. The minimum Gasteiger partial charge on any atom is -0.392 e. The monoisotopic (exact) mass is 324 g/mol. The van der Waals surface area contributed by atoms with Crippen molar-refractivity contribution in [1.82, 2.24) is 9.88 Å². The number of carbonyl (C=O) groups excluding carboxylic acids is 1. The minimum atomic E-state index is -0.443. The zero-order valence-electron chi connectivity index (χ0n) is 13.8. The van der Waals surface area contributed by atoms with E-state index in [0.29, 0.717) is 17.9 Å². The minimum absolute atomic E-state index is 0.180. The number of nitrogens with one attached hydrogen (secondary N) is 1. The van der Waals surface area contributed by atoms with Gasteiger partial charge in [-0.25, -0.2) is 0 Å². The summed E-state index contributed by atoms with van der Waals surface area (Å²) in [5, 5.41) is 11.6. The molecule has 1 saturated carbocycles. The van der Waals surface area contributed by atoms with Gasteiger partial charge >= 0.3 is 0 Å². The number of hydrogen-bond acceptors (Lipinski definition) is 3. The Morgan fingerprint density at radius 3 is 3.00 bits per heavy atom. The van der Waals surface area contributed by atoms with Crippen LogP contribution in [-0.4, -0.2) is 40.5 Å². The van der Waals surface area contributed by atoms with Gasteiger partial charge in [0.15, 0.2) is 0 Å². The lowest BCUT2D eigenvalue weighted by Gasteiger charge is -2.50. The van der Waals surface area contributed by atoms with E-state index >= 15 is 0 Å². The first-order valence-corrected chi connectivity index (χ1v) is 9.23. The van der Waals surface area contributed by atoms with Crippen molar-refractivity contribution in [3.63, 3.8) is 0 Å². The number of hydrogen-bond donors (Lipinski definition) is 2. The lowest BCUT2D eigenvalue weighted by Crippen LogP contribution is -2.51. The molecule has 5 unspecified atom stereocenters. The second kappa shape index (κ2) is 5.43. The van der Waals surface area contributed by atoms with E-state index in [9.17, 15) is 9.90 Å². The van der Waals surface area contributed by atoms with Crippen molar-refractivity contribution in [3.05, 3.63) is 35.5 Å². The topological polar surface area (TPSA) is 56.3 Å². The molecule has 3 aliphatic rings. The summed E-state index contributed by atoms with van der Waals surface area (Å²) in [6, 6.07) is 8.93. The molecule has 0 bridgehead atoms. The van der Waals surface area contributed by atoms with Gasteiger partial charge < -0.3 is 14.9 Å². The molecule has 0 spiro atoms. The van der Waals surface area contributed by atoms with Crippen LogP contribution in [-0.2, 0) is 11.2 Å². The van der Waals surface area contributed by atoms with Crippen LogP contribution in [0.4, 0.5) is 0 Å². The molecule has 1 aliphatic carbocycles. The molecule has 2 N–H and O–H groups in total. The molecule has 5 rings (SSSR count). The Hall–Kier alpha value is -1.65. The van der Waals surface area contributed by atoms with Crippen LogP contribution >= 0.6 is 0 Å². The molecular formula is C20H24N2O2. The average Bonchev–Trinajstić information content (AvgIpc) is 2.99. The smallest absolute Gasteiger partial charge is 0.125 e. The highest BCUT2D eigenvalue weighted by Crippen LogP contribution is 2.48. The molecule has 2 aromatic rings. The molecule has 1 aromatic heterocycles. The van der Waals surface area contributed by atoms with Crippen molar-refractivity contribution in [3.8, 4) is 0 Å². The zero-order valence-corrected chi connectivity index (χ0v) is 13.8. The summed E-state index contributed by atoms with van der Waals surface area (Å²) in [6.07, 6.45) is 4.50. The normalized spacial score (nSPS) is 36.0. The van der Waals surface area contributed by atoms with E-state index in [2.05, 4.69) is 34.1 Å². The second-order valence-electron chi connectivity index (χ2n) is 7.84. The maximum atomic E-state index is 11.6. The van der Waals surface area contributed by atoms with Crippen LogP contribution in [0.5, 0.6) is 0 Å². The summed E-state index contributed by atoms with van der Waals surface area (Å²) < 4.78 is 0. The Bertz CT molecular complexity index is 783. The van der Waals surface area contributed by atoms with Gasteiger partial charge in [0.05, 0.1) is 12.1 Å². The highest BCUT2D eigenvalue weighted by molar-refractivity contribution is 5.85. The molecule has 2 fully saturated rings. The highest BCUT2D eigenvalue weighted by atomic mass is 16.3. The average molecular weight is 324 g/mol. The fourth-order valence-corrected chi connectivity index (χ4v) is 5.57. The number of carbonyl (C=O) groups is 1. The summed E-state index contributed by atoms with van der Waals surface area (Å²) >= 11 is 0. The van der Waals surface area contributed by atoms with Crippen LogP contribution in [0, 0.1) is 17.8 Å². The van der Waals surface area contributed by atoms with Crippen LogP contribution in [0.15, 0.2) is 24.3 Å². The number of nitrogens with zero attached hydrogens (tertiary/aromatic N) is 1. The predicted octanol–water partition coefficient (Wildman–Crippen LogP) is 2.67. The molecule has 0 amide bonds. The number of rotatable bonds is 1. The molecule has 1 aromatic carbocycles. The van der Waals surface area contributed by atoms with Crippen molar-refractivity contribution in [2.75, 3.05) is 13.1 Å². The Kier molecular flexibility index (Phi) is 3.32. The first kappa shape index (κ1) is 14.7. The maximum Gasteiger partial charge on any atom is 0.125 e. The quantitative estimate of drug-likeness (QED) is 0.793. The standard InChI is InChI=1S/C20H24N2O2/c23-11-16-15-9-18-20-14(13-3-1-2-4-17(13)21-20)7-8-22(18)10-12(15)5-6-19(16)24/h1-4,11-12,15-16,18-19,21,24H,5-10H2. The van der Waals surface area contributed by atoms with E-state index in [1.807, 2.05) is 0 Å². The van der Waals surface area contributed by atoms with Crippen LogP contribution in [0.1, 0.15) is 36.6 Å². The number of benzene rings is 1. The van der Waals surface area contributed by atoms with Gasteiger partial charge in [-0.3, -0.25) is 4.90 Å². The van der Waals surface area contributed by atoms with Crippen molar-refractivity contribution in [2.24, 2.45) is 17.8 Å². The van der Waals surface area contributed by atoms with Crippen molar-refractivity contribution >= 4 is 17.2 Å². The Labute approximate surface area is 141 Å². The number of aliphatic hydroxyl groups excluding tert-OH is 1. The molecule has 5 atom stereocenters. The number of fused-ring (bicyclic) bond motifs is 6. The Morgan fingerprint density at radius 2 is 2.12 bits per heavy atom. The zero-order chi connectivity index (χ0) is 16.3. The van der Waals surface area contributed by atoms with Gasteiger partial charge in [0.2, 0.25) is 0 Å². The molecule has 4 nitrogen and oxygen atoms in total. The molecule has 4 heteroatoms. The number of aromatic amines is 1. The number of aliphatic hydroxyl groups is 1. The van der Waals surface area contributed by atoms with E-state index in [1.54, 1.807) is 0 Å². The van der Waals surface area contributed by atoms with Crippen LogP contribution in [0.25, 0.3) is 10.9 Å². The van der Waals surface area contributed by atoms with Gasteiger partial charge in [-0.1, -0.05) is 18.2 Å². The molecule has 126 valence electrons. The first-order chi connectivity index (χ1) is 11.8. The first-order valence-electron chi connectivity index (χ1n) is 9.23. The number of piperidine rings is 1. The summed E-state index contributed by atoms with van der Waals surface area (Å²) in [5.74, 6) is 0.705. The van der Waals surface area contributed by atoms with E-state index in [4.69, 9.17) is 0 Å². The predicted molar refractivity (Wildman–Crippen MR) is 92.7 cm³/mol. The van der Waals surface area contributed by atoms with Gasteiger partial charge in [-0.15, -0.1) is 0 Å². The van der Waals surface area contributed by atoms with Gasteiger partial charge in [-0.2, -0.15) is 0 Å². The summed E-state index contributed by atoms with van der Waals surface area (Å²) in [5.41, 5.74) is 4.04. The molecule has 1 saturated heterocycles. The second-order valence-corrected chi connectivity index (χ2v) is 7.84. The molecule has 3 heterocycles. The number of aromatic nitrogens is 1. The van der Waals surface area contributed by atoms with Gasteiger partial charge in [0, 0.05) is 35.6 Å². The lowest BCUT2D eigenvalue weighted by atomic mass is 9.65. The van der Waals surface area contributed by atoms with E-state index < -0.39 is 6.10 Å². The van der Waals surface area contributed by atoms with Gasteiger partial charge in [0.25, 0.3) is 0 Å². The van der Waals surface area contributed by atoms with Crippen molar-refractivity contribution in [2.45, 2.75) is 37.8 Å². The van der Waals surface area contributed by atoms with Gasteiger partial charge in [-0.05, 0) is 49.1 Å². The van der Waals surface area contributed by atoms with Crippen molar-refractivity contribution < 1.29 is 9.90 Å². The molecule has 0 radical (unpaired) electrons. The van der Waals surface area contributed by atoms with Crippen LogP contribution < -0.4 is 0 Å². The number of para-hydroxylation sites is 1. The molecule has 24 heavy (non-hydrogen) atoms. The Morgan fingerprint density at radius 1 is 1.25 bits per heavy atom. The fraction of sp³-hybridized carbons (Fsp3) is 0.550.